The summed E-state index contributed by atoms with van der Waals surface area (Å²) in [6.07, 6.45) is 0. The number of benzene rings is 2. The number of anilines is 2. The number of rotatable bonds is 8. The highest BCUT2D eigenvalue weighted by molar-refractivity contribution is 8.01. The molecule has 0 aliphatic heterocycles. The fourth-order valence-corrected chi connectivity index (χ4v) is 3.66. The topological polar surface area (TPSA) is 76.1 Å². The van der Waals surface area contributed by atoms with Crippen molar-refractivity contribution in [2.75, 3.05) is 23.5 Å². The van der Waals surface area contributed by atoms with Gasteiger partial charge in [-0.05, 0) is 29.8 Å². The van der Waals surface area contributed by atoms with E-state index < -0.39 is 0 Å². The van der Waals surface area contributed by atoms with Gasteiger partial charge in [0.2, 0.25) is 11.0 Å². The predicted octanol–water partition coefficient (Wildman–Crippen LogP) is 3.89. The minimum Gasteiger partial charge on any atom is -0.497 e. The Kier molecular flexibility index (Phi) is 6.45. The first kappa shape index (κ1) is 18.2. The molecule has 3 aromatic rings. The molecule has 134 valence electrons. The van der Waals surface area contributed by atoms with E-state index in [1.54, 1.807) is 31.4 Å². The van der Waals surface area contributed by atoms with E-state index in [0.29, 0.717) is 6.54 Å². The first-order valence-corrected chi connectivity index (χ1v) is 9.71. The maximum atomic E-state index is 12.0. The minimum absolute atomic E-state index is 0.0887. The van der Waals surface area contributed by atoms with Gasteiger partial charge < -0.3 is 15.4 Å². The molecule has 2 N–H and O–H groups in total. The van der Waals surface area contributed by atoms with E-state index >= 15 is 0 Å². The number of carbonyl (C=O) groups excluding carboxylic acids is 1. The lowest BCUT2D eigenvalue weighted by Gasteiger charge is -2.05. The molecule has 0 aliphatic carbocycles. The summed E-state index contributed by atoms with van der Waals surface area (Å²) in [5.41, 5.74) is 1.91. The van der Waals surface area contributed by atoms with E-state index in [2.05, 4.69) is 20.8 Å². The SMILES string of the molecule is COc1ccc(NC(=O)CSc2nnc(NCc3ccccc3)s2)cc1. The number of hydrogen-bond donors (Lipinski definition) is 2. The third-order valence-corrected chi connectivity index (χ3v) is 5.41. The summed E-state index contributed by atoms with van der Waals surface area (Å²) in [5, 5.41) is 15.0. The number of ether oxygens (including phenoxy) is 1. The molecule has 0 saturated heterocycles. The van der Waals surface area contributed by atoms with Crippen molar-refractivity contribution in [1.29, 1.82) is 0 Å². The number of amides is 1. The van der Waals surface area contributed by atoms with Crippen molar-refractivity contribution in [3.8, 4) is 5.75 Å². The first-order chi connectivity index (χ1) is 12.7. The Bertz CT molecular complexity index is 838. The lowest BCUT2D eigenvalue weighted by molar-refractivity contribution is -0.113. The lowest BCUT2D eigenvalue weighted by atomic mass is 10.2. The van der Waals surface area contributed by atoms with Crippen LogP contribution in [0.1, 0.15) is 5.56 Å². The van der Waals surface area contributed by atoms with Crippen molar-refractivity contribution in [3.63, 3.8) is 0 Å². The van der Waals surface area contributed by atoms with Gasteiger partial charge in [0.1, 0.15) is 5.75 Å². The fourth-order valence-electron chi connectivity index (χ4n) is 2.11. The third kappa shape index (κ3) is 5.47. The van der Waals surface area contributed by atoms with E-state index in [1.807, 2.05) is 30.3 Å². The van der Waals surface area contributed by atoms with E-state index in [4.69, 9.17) is 4.74 Å². The summed E-state index contributed by atoms with van der Waals surface area (Å²) in [4.78, 5) is 12.0. The van der Waals surface area contributed by atoms with Crippen LogP contribution in [-0.2, 0) is 11.3 Å². The van der Waals surface area contributed by atoms with Crippen LogP contribution in [0.3, 0.4) is 0 Å². The molecule has 1 aromatic heterocycles. The average Bonchev–Trinajstić information content (AvgIpc) is 3.14. The van der Waals surface area contributed by atoms with E-state index in [0.717, 1.165) is 20.9 Å². The molecular formula is C18H18N4O2S2. The maximum Gasteiger partial charge on any atom is 0.234 e. The number of hydrogen-bond acceptors (Lipinski definition) is 7. The normalized spacial score (nSPS) is 10.3. The Balaban J connectivity index is 1.44. The summed E-state index contributed by atoms with van der Waals surface area (Å²) < 4.78 is 5.85. The summed E-state index contributed by atoms with van der Waals surface area (Å²) >= 11 is 2.80. The molecule has 2 aromatic carbocycles. The molecule has 0 saturated carbocycles. The van der Waals surface area contributed by atoms with Crippen molar-refractivity contribution in [2.24, 2.45) is 0 Å². The number of aromatic nitrogens is 2. The molecule has 0 unspecified atom stereocenters. The standard InChI is InChI=1S/C18H18N4O2S2/c1-24-15-9-7-14(8-10-15)20-16(23)12-25-18-22-21-17(26-18)19-11-13-5-3-2-4-6-13/h2-10H,11-12H2,1H3,(H,19,21)(H,20,23). The molecule has 1 amide bonds. The summed E-state index contributed by atoms with van der Waals surface area (Å²) in [7, 11) is 1.61. The number of carbonyl (C=O) groups is 1. The molecule has 6 nitrogen and oxygen atoms in total. The van der Waals surface area contributed by atoms with E-state index in [1.165, 1.54) is 28.7 Å². The smallest absolute Gasteiger partial charge is 0.234 e. The van der Waals surface area contributed by atoms with Gasteiger partial charge in [0.25, 0.3) is 0 Å². The molecule has 0 spiro atoms. The molecule has 0 atom stereocenters. The van der Waals surface area contributed by atoms with Gasteiger partial charge in [0, 0.05) is 12.2 Å². The Morgan fingerprint density at radius 2 is 1.88 bits per heavy atom. The molecule has 0 aliphatic rings. The van der Waals surface area contributed by atoms with Crippen LogP contribution in [-0.4, -0.2) is 29.0 Å². The monoisotopic (exact) mass is 386 g/mol. The second kappa shape index (κ2) is 9.21. The first-order valence-electron chi connectivity index (χ1n) is 7.91. The molecular weight excluding hydrogens is 368 g/mol. The van der Waals surface area contributed by atoms with Gasteiger partial charge in [0.05, 0.1) is 12.9 Å². The van der Waals surface area contributed by atoms with E-state index in [9.17, 15) is 4.79 Å². The van der Waals surface area contributed by atoms with Gasteiger partial charge >= 0.3 is 0 Å². The Labute approximate surface area is 160 Å². The molecule has 0 bridgehead atoms. The Hall–Kier alpha value is -2.58. The van der Waals surface area contributed by atoms with Gasteiger partial charge in [0.15, 0.2) is 4.34 Å². The van der Waals surface area contributed by atoms with Crippen LogP contribution in [0.15, 0.2) is 58.9 Å². The van der Waals surface area contributed by atoms with Crippen LogP contribution in [0.25, 0.3) is 0 Å². The Morgan fingerprint density at radius 3 is 2.62 bits per heavy atom. The van der Waals surface area contributed by atoms with Gasteiger partial charge in [-0.25, -0.2) is 0 Å². The van der Waals surface area contributed by atoms with Gasteiger partial charge in [-0.15, -0.1) is 10.2 Å². The molecule has 0 fully saturated rings. The quantitative estimate of drug-likeness (QED) is 0.572. The van der Waals surface area contributed by atoms with Crippen molar-refractivity contribution in [1.82, 2.24) is 10.2 Å². The summed E-state index contributed by atoms with van der Waals surface area (Å²) in [5.74, 6) is 0.940. The third-order valence-electron chi connectivity index (χ3n) is 3.39. The van der Waals surface area contributed by atoms with Crippen LogP contribution in [0.5, 0.6) is 5.75 Å². The second-order valence-electron chi connectivity index (χ2n) is 5.28. The molecule has 0 radical (unpaired) electrons. The summed E-state index contributed by atoms with van der Waals surface area (Å²) in [6, 6.07) is 17.3. The molecule has 3 rings (SSSR count). The minimum atomic E-state index is -0.0887. The van der Waals surface area contributed by atoms with Crippen LogP contribution in [0.4, 0.5) is 10.8 Å². The average molecular weight is 387 g/mol. The highest BCUT2D eigenvalue weighted by atomic mass is 32.2. The zero-order valence-corrected chi connectivity index (χ0v) is 15.8. The van der Waals surface area contributed by atoms with Gasteiger partial charge in [-0.3, -0.25) is 4.79 Å². The van der Waals surface area contributed by atoms with Crippen LogP contribution >= 0.6 is 23.1 Å². The Morgan fingerprint density at radius 1 is 1.12 bits per heavy atom. The van der Waals surface area contributed by atoms with Gasteiger partial charge in [-0.2, -0.15) is 0 Å². The highest BCUT2D eigenvalue weighted by Crippen LogP contribution is 2.26. The number of nitrogens with zero attached hydrogens (tertiary/aromatic N) is 2. The number of thioether (sulfide) groups is 1. The zero-order chi connectivity index (χ0) is 18.2. The van der Waals surface area contributed by atoms with Crippen molar-refractivity contribution in [3.05, 3.63) is 60.2 Å². The largest absolute Gasteiger partial charge is 0.497 e. The molecule has 8 heteroatoms. The molecule has 26 heavy (non-hydrogen) atoms. The van der Waals surface area contributed by atoms with Crippen molar-refractivity contribution < 1.29 is 9.53 Å². The van der Waals surface area contributed by atoms with Crippen molar-refractivity contribution in [2.45, 2.75) is 10.9 Å². The second-order valence-corrected chi connectivity index (χ2v) is 7.48. The van der Waals surface area contributed by atoms with Crippen LogP contribution in [0, 0.1) is 0 Å². The van der Waals surface area contributed by atoms with Gasteiger partial charge in [-0.1, -0.05) is 53.4 Å². The maximum absolute atomic E-state index is 12.0. The number of nitrogens with one attached hydrogen (secondary N) is 2. The van der Waals surface area contributed by atoms with Crippen LogP contribution in [0.2, 0.25) is 0 Å². The van der Waals surface area contributed by atoms with E-state index in [-0.39, 0.29) is 11.7 Å². The van der Waals surface area contributed by atoms with Crippen molar-refractivity contribution >= 4 is 39.8 Å². The fraction of sp³-hybridized carbons (Fsp3) is 0.167. The number of methoxy groups -OCH3 is 1. The zero-order valence-electron chi connectivity index (χ0n) is 14.1. The highest BCUT2D eigenvalue weighted by Gasteiger charge is 2.08. The summed E-state index contributed by atoms with van der Waals surface area (Å²) in [6.45, 7) is 0.693. The lowest BCUT2D eigenvalue weighted by Crippen LogP contribution is -2.13. The molecule has 1 heterocycles. The van der Waals surface area contributed by atoms with Crippen LogP contribution < -0.4 is 15.4 Å². The predicted molar refractivity (Wildman–Crippen MR) is 106 cm³/mol.